The third kappa shape index (κ3) is 3.59. The van der Waals surface area contributed by atoms with E-state index in [2.05, 4.69) is 11.8 Å². The zero-order valence-electron chi connectivity index (χ0n) is 10.3. The van der Waals surface area contributed by atoms with Crippen LogP contribution in [0, 0.1) is 5.41 Å². The number of likely N-dealkylation sites (tertiary alicyclic amines) is 1. The summed E-state index contributed by atoms with van der Waals surface area (Å²) in [6, 6.07) is 0.306. The van der Waals surface area contributed by atoms with E-state index in [1.165, 1.54) is 38.8 Å². The quantitative estimate of drug-likeness (QED) is 0.808. The lowest BCUT2D eigenvalue weighted by molar-refractivity contribution is -0.0279. The largest absolute Gasteiger partial charge is 0.381 e. The normalized spacial score (nSPS) is 27.4. The van der Waals surface area contributed by atoms with Gasteiger partial charge in [0.05, 0.1) is 0 Å². The number of ether oxygens (including phenoxy) is 1. The van der Waals surface area contributed by atoms with Gasteiger partial charge in [-0.15, -0.1) is 12.4 Å². The van der Waals surface area contributed by atoms with Gasteiger partial charge in [0.2, 0.25) is 0 Å². The molecule has 0 bridgehead atoms. The van der Waals surface area contributed by atoms with Crippen molar-refractivity contribution in [3.8, 4) is 0 Å². The molecular weight excluding hydrogens is 224 g/mol. The van der Waals surface area contributed by atoms with Gasteiger partial charge in [0.15, 0.2) is 0 Å². The zero-order valence-corrected chi connectivity index (χ0v) is 11.1. The van der Waals surface area contributed by atoms with Crippen molar-refractivity contribution in [2.75, 3.05) is 32.8 Å². The summed E-state index contributed by atoms with van der Waals surface area (Å²) >= 11 is 0. The van der Waals surface area contributed by atoms with Gasteiger partial charge < -0.3 is 15.4 Å². The van der Waals surface area contributed by atoms with Crippen molar-refractivity contribution in [3.05, 3.63) is 0 Å². The Labute approximate surface area is 105 Å². The minimum atomic E-state index is 0. The summed E-state index contributed by atoms with van der Waals surface area (Å²) in [5.74, 6) is 0. The highest BCUT2D eigenvalue weighted by Gasteiger charge is 2.36. The lowest BCUT2D eigenvalue weighted by Crippen LogP contribution is -2.48. The number of hydrogen-bond donors (Lipinski definition) is 1. The molecule has 0 radical (unpaired) electrons. The van der Waals surface area contributed by atoms with Gasteiger partial charge in [0.25, 0.3) is 0 Å². The van der Waals surface area contributed by atoms with Crippen molar-refractivity contribution >= 4 is 12.4 Å². The Balaban J connectivity index is 0.00000128. The molecule has 2 fully saturated rings. The van der Waals surface area contributed by atoms with E-state index in [0.29, 0.717) is 11.5 Å². The molecule has 0 amide bonds. The van der Waals surface area contributed by atoms with Gasteiger partial charge in [-0.25, -0.2) is 0 Å². The monoisotopic (exact) mass is 248 g/mol. The molecule has 1 spiro atoms. The van der Waals surface area contributed by atoms with Crippen LogP contribution in [0.1, 0.15) is 32.6 Å². The van der Waals surface area contributed by atoms with Crippen LogP contribution in [0.5, 0.6) is 0 Å². The Hall–Kier alpha value is 0.170. The van der Waals surface area contributed by atoms with Gasteiger partial charge in [-0.1, -0.05) is 0 Å². The lowest BCUT2D eigenvalue weighted by Gasteiger charge is -2.45. The summed E-state index contributed by atoms with van der Waals surface area (Å²) in [5, 5.41) is 0. The van der Waals surface area contributed by atoms with E-state index in [-0.39, 0.29) is 12.4 Å². The average Bonchev–Trinajstić information content (AvgIpc) is 2.17. The number of nitrogens with two attached hydrogens (primary N) is 1. The summed E-state index contributed by atoms with van der Waals surface area (Å²) in [5.41, 5.74) is 6.44. The molecule has 2 heterocycles. The Morgan fingerprint density at radius 3 is 2.62 bits per heavy atom. The summed E-state index contributed by atoms with van der Waals surface area (Å²) in [4.78, 5) is 2.56. The fourth-order valence-corrected chi connectivity index (χ4v) is 3.09. The van der Waals surface area contributed by atoms with Crippen molar-refractivity contribution < 1.29 is 4.74 Å². The molecule has 3 nitrogen and oxygen atoms in total. The second kappa shape index (κ2) is 6.20. The van der Waals surface area contributed by atoms with Crippen LogP contribution in [0.4, 0.5) is 0 Å². The van der Waals surface area contributed by atoms with Crippen molar-refractivity contribution in [3.63, 3.8) is 0 Å². The maximum absolute atomic E-state index is 5.87. The molecule has 96 valence electrons. The molecule has 2 aliphatic rings. The van der Waals surface area contributed by atoms with E-state index in [1.54, 1.807) is 0 Å². The SMILES string of the molecule is CC(N)CN1CCCC2(CCOCC2)C1.Cl. The summed E-state index contributed by atoms with van der Waals surface area (Å²) in [6.07, 6.45) is 5.24. The molecule has 2 aliphatic heterocycles. The second-order valence-corrected chi connectivity index (χ2v) is 5.43. The van der Waals surface area contributed by atoms with Gasteiger partial charge in [-0.05, 0) is 44.6 Å². The number of rotatable bonds is 2. The number of halogens is 1. The molecule has 2 N–H and O–H groups in total. The van der Waals surface area contributed by atoms with Crippen LogP contribution in [-0.2, 0) is 4.74 Å². The van der Waals surface area contributed by atoms with E-state index in [9.17, 15) is 0 Å². The van der Waals surface area contributed by atoms with Gasteiger partial charge in [-0.2, -0.15) is 0 Å². The smallest absolute Gasteiger partial charge is 0.0471 e. The molecule has 0 saturated carbocycles. The molecule has 0 aliphatic carbocycles. The Kier molecular flexibility index (Phi) is 5.51. The van der Waals surface area contributed by atoms with Crippen LogP contribution in [0.25, 0.3) is 0 Å². The minimum Gasteiger partial charge on any atom is -0.381 e. The van der Waals surface area contributed by atoms with Crippen LogP contribution in [-0.4, -0.2) is 43.8 Å². The third-order valence-corrected chi connectivity index (χ3v) is 3.84. The van der Waals surface area contributed by atoms with Gasteiger partial charge in [-0.3, -0.25) is 0 Å². The first kappa shape index (κ1) is 14.2. The highest BCUT2D eigenvalue weighted by Crippen LogP contribution is 2.38. The van der Waals surface area contributed by atoms with Gasteiger partial charge >= 0.3 is 0 Å². The fraction of sp³-hybridized carbons (Fsp3) is 1.00. The number of hydrogen-bond acceptors (Lipinski definition) is 3. The molecular formula is C12H25ClN2O. The van der Waals surface area contributed by atoms with E-state index in [0.717, 1.165) is 19.8 Å². The average molecular weight is 249 g/mol. The van der Waals surface area contributed by atoms with Crippen molar-refractivity contribution in [1.82, 2.24) is 4.90 Å². The summed E-state index contributed by atoms with van der Waals surface area (Å²) < 4.78 is 5.47. The highest BCUT2D eigenvalue weighted by atomic mass is 35.5. The molecule has 1 atom stereocenters. The van der Waals surface area contributed by atoms with Gasteiger partial charge in [0.1, 0.15) is 0 Å². The predicted octanol–water partition coefficient (Wildman–Crippen LogP) is 1.65. The summed E-state index contributed by atoms with van der Waals surface area (Å²) in [6.45, 7) is 7.58. The van der Waals surface area contributed by atoms with E-state index < -0.39 is 0 Å². The fourth-order valence-electron chi connectivity index (χ4n) is 3.09. The molecule has 16 heavy (non-hydrogen) atoms. The molecule has 2 rings (SSSR count). The Bertz CT molecular complexity index is 200. The highest BCUT2D eigenvalue weighted by molar-refractivity contribution is 5.85. The van der Waals surface area contributed by atoms with Crippen LogP contribution in [0.15, 0.2) is 0 Å². The molecule has 1 unspecified atom stereocenters. The van der Waals surface area contributed by atoms with Crippen molar-refractivity contribution in [1.29, 1.82) is 0 Å². The number of nitrogens with zero attached hydrogens (tertiary/aromatic N) is 1. The lowest BCUT2D eigenvalue weighted by atomic mass is 9.74. The molecule has 2 saturated heterocycles. The summed E-state index contributed by atoms with van der Waals surface area (Å²) in [7, 11) is 0. The first-order valence-electron chi connectivity index (χ1n) is 6.26. The zero-order chi connectivity index (χ0) is 10.7. The van der Waals surface area contributed by atoms with Crippen LogP contribution >= 0.6 is 12.4 Å². The third-order valence-electron chi connectivity index (χ3n) is 3.84. The van der Waals surface area contributed by atoms with Crippen LogP contribution in [0.2, 0.25) is 0 Å². The molecule has 0 aromatic rings. The second-order valence-electron chi connectivity index (χ2n) is 5.43. The molecule has 0 aromatic heterocycles. The topological polar surface area (TPSA) is 38.5 Å². The Morgan fingerprint density at radius 1 is 1.31 bits per heavy atom. The van der Waals surface area contributed by atoms with Crippen LogP contribution in [0.3, 0.4) is 0 Å². The van der Waals surface area contributed by atoms with Crippen molar-refractivity contribution in [2.24, 2.45) is 11.1 Å². The van der Waals surface area contributed by atoms with Crippen molar-refractivity contribution in [2.45, 2.75) is 38.6 Å². The maximum atomic E-state index is 5.87. The van der Waals surface area contributed by atoms with E-state index in [1.807, 2.05) is 0 Å². The van der Waals surface area contributed by atoms with E-state index >= 15 is 0 Å². The van der Waals surface area contributed by atoms with Crippen LogP contribution < -0.4 is 5.73 Å². The van der Waals surface area contributed by atoms with E-state index in [4.69, 9.17) is 10.5 Å². The maximum Gasteiger partial charge on any atom is 0.0471 e. The standard InChI is InChI=1S/C12H24N2O.ClH/c1-11(13)9-14-6-2-3-12(10-14)4-7-15-8-5-12;/h11H,2-10,13H2,1H3;1H. The number of piperidine rings is 1. The Morgan fingerprint density at radius 2 is 2.00 bits per heavy atom. The van der Waals surface area contributed by atoms with Gasteiger partial charge in [0, 0.05) is 32.3 Å². The first-order chi connectivity index (χ1) is 7.20. The molecule has 4 heteroatoms. The minimum absolute atomic E-state index is 0. The predicted molar refractivity (Wildman–Crippen MR) is 69.1 cm³/mol. The first-order valence-corrected chi connectivity index (χ1v) is 6.26. The molecule has 0 aromatic carbocycles.